The Morgan fingerprint density at radius 3 is 2.45 bits per heavy atom. The molecule has 0 atom stereocenters. The van der Waals surface area contributed by atoms with Gasteiger partial charge in [-0.25, -0.2) is 4.98 Å². The number of amides is 1. The Kier molecular flexibility index (Phi) is 9.60. The number of benzene rings is 1. The van der Waals surface area contributed by atoms with Crippen LogP contribution in [0.2, 0.25) is 0 Å². The number of aromatic nitrogens is 3. The summed E-state index contributed by atoms with van der Waals surface area (Å²) in [5, 5.41) is 3.58. The highest BCUT2D eigenvalue weighted by Crippen LogP contribution is 2.37. The molecule has 2 saturated heterocycles. The molecule has 230 valence electrons. The molecular weight excluding hydrogens is 564 g/mol. The number of rotatable bonds is 11. The molecule has 44 heavy (non-hydrogen) atoms. The molecule has 2 aliphatic rings. The van der Waals surface area contributed by atoms with Crippen molar-refractivity contribution in [2.75, 3.05) is 83.1 Å². The van der Waals surface area contributed by atoms with Crippen molar-refractivity contribution in [2.45, 2.75) is 6.42 Å². The second-order valence-corrected chi connectivity index (χ2v) is 10.4. The van der Waals surface area contributed by atoms with Gasteiger partial charge in [-0.15, -0.1) is 0 Å². The summed E-state index contributed by atoms with van der Waals surface area (Å²) >= 11 is 0. The van der Waals surface area contributed by atoms with E-state index in [0.29, 0.717) is 54.3 Å². The number of methoxy groups -OCH3 is 1. The maximum atomic E-state index is 12.9. The third kappa shape index (κ3) is 7.33. The number of hydrogen-bond acceptors (Lipinski definition) is 11. The third-order valence-corrected chi connectivity index (χ3v) is 7.53. The number of fused-ring (bicyclic) bond motifs is 1. The van der Waals surface area contributed by atoms with Crippen molar-refractivity contribution in [2.24, 2.45) is 0 Å². The van der Waals surface area contributed by atoms with Crippen LogP contribution in [-0.4, -0.2) is 98.6 Å². The quantitative estimate of drug-likeness (QED) is 0.251. The molecule has 0 radical (unpaired) electrons. The summed E-state index contributed by atoms with van der Waals surface area (Å²) in [6.45, 7) is 7.90. The summed E-state index contributed by atoms with van der Waals surface area (Å²) in [6, 6.07) is 12.6. The number of carbonyl (C=O) groups is 1. The van der Waals surface area contributed by atoms with Crippen LogP contribution in [0.15, 0.2) is 61.1 Å². The molecule has 3 aromatic heterocycles. The molecule has 4 aromatic rings. The molecular formula is C32H36N6O6. The van der Waals surface area contributed by atoms with Crippen LogP contribution >= 0.6 is 0 Å². The van der Waals surface area contributed by atoms with Gasteiger partial charge >= 0.3 is 0 Å². The van der Waals surface area contributed by atoms with Crippen LogP contribution in [0.25, 0.3) is 10.9 Å². The van der Waals surface area contributed by atoms with Gasteiger partial charge in [0.2, 0.25) is 0 Å². The fourth-order valence-electron chi connectivity index (χ4n) is 5.17. The summed E-state index contributed by atoms with van der Waals surface area (Å²) in [4.78, 5) is 30.6. The van der Waals surface area contributed by atoms with E-state index in [0.717, 1.165) is 68.9 Å². The van der Waals surface area contributed by atoms with Crippen molar-refractivity contribution in [3.05, 3.63) is 66.7 Å². The average Bonchev–Trinajstić information content (AvgIpc) is 3.08. The number of carbonyl (C=O) groups excluding carboxylic acids is 1. The van der Waals surface area contributed by atoms with Crippen molar-refractivity contribution in [1.82, 2.24) is 19.9 Å². The van der Waals surface area contributed by atoms with Crippen LogP contribution in [0.4, 0.5) is 11.5 Å². The average molecular weight is 601 g/mol. The third-order valence-electron chi connectivity index (χ3n) is 7.53. The first kappa shape index (κ1) is 29.5. The molecule has 2 aliphatic heterocycles. The van der Waals surface area contributed by atoms with Crippen LogP contribution in [0.5, 0.6) is 23.0 Å². The van der Waals surface area contributed by atoms with E-state index < -0.39 is 0 Å². The van der Waals surface area contributed by atoms with Crippen LogP contribution in [0.1, 0.15) is 16.9 Å². The van der Waals surface area contributed by atoms with Crippen molar-refractivity contribution in [1.29, 1.82) is 0 Å². The minimum Gasteiger partial charge on any atom is -0.493 e. The molecule has 12 heteroatoms. The van der Waals surface area contributed by atoms with E-state index in [2.05, 4.69) is 30.1 Å². The number of nitrogens with zero attached hydrogens (tertiary/aromatic N) is 5. The molecule has 1 N–H and O–H groups in total. The van der Waals surface area contributed by atoms with E-state index in [1.165, 1.54) is 0 Å². The predicted molar refractivity (Wildman–Crippen MR) is 165 cm³/mol. The smallest absolute Gasteiger partial charge is 0.275 e. The largest absolute Gasteiger partial charge is 0.493 e. The number of morpholine rings is 2. The molecule has 5 heterocycles. The summed E-state index contributed by atoms with van der Waals surface area (Å²) in [5.74, 6) is 2.38. The lowest BCUT2D eigenvalue weighted by molar-refractivity contribution is 0.0357. The topological polar surface area (TPSA) is 120 Å². The lowest BCUT2D eigenvalue weighted by atomic mass is 10.2. The summed E-state index contributed by atoms with van der Waals surface area (Å²) in [7, 11) is 1.62. The minimum absolute atomic E-state index is 0.314. The molecule has 2 fully saturated rings. The fourth-order valence-corrected chi connectivity index (χ4v) is 5.17. The molecule has 12 nitrogen and oxygen atoms in total. The van der Waals surface area contributed by atoms with Crippen molar-refractivity contribution in [3.63, 3.8) is 0 Å². The molecule has 0 unspecified atom stereocenters. The molecule has 0 spiro atoms. The highest BCUT2D eigenvalue weighted by molar-refractivity contribution is 6.02. The Labute approximate surface area is 255 Å². The fraction of sp³-hybridized carbons (Fsp3) is 0.375. The van der Waals surface area contributed by atoms with Gasteiger partial charge in [-0.05, 0) is 42.8 Å². The highest BCUT2D eigenvalue weighted by Gasteiger charge is 2.16. The van der Waals surface area contributed by atoms with Gasteiger partial charge in [0, 0.05) is 62.3 Å². The van der Waals surface area contributed by atoms with E-state index in [4.69, 9.17) is 23.7 Å². The lowest BCUT2D eigenvalue weighted by Crippen LogP contribution is -2.37. The van der Waals surface area contributed by atoms with Crippen LogP contribution in [-0.2, 0) is 9.47 Å². The molecule has 0 bridgehead atoms. The maximum Gasteiger partial charge on any atom is 0.275 e. The normalized spacial score (nSPS) is 15.6. The van der Waals surface area contributed by atoms with E-state index in [9.17, 15) is 4.79 Å². The zero-order chi connectivity index (χ0) is 30.1. The maximum absolute atomic E-state index is 12.9. The van der Waals surface area contributed by atoms with Gasteiger partial charge in [0.25, 0.3) is 5.91 Å². The first-order valence-electron chi connectivity index (χ1n) is 14.8. The van der Waals surface area contributed by atoms with Crippen molar-refractivity contribution >= 4 is 28.3 Å². The van der Waals surface area contributed by atoms with Crippen LogP contribution in [0.3, 0.4) is 0 Å². The molecule has 1 aromatic carbocycles. The zero-order valence-electron chi connectivity index (χ0n) is 24.7. The van der Waals surface area contributed by atoms with Crippen LogP contribution < -0.4 is 24.4 Å². The van der Waals surface area contributed by atoms with Gasteiger partial charge in [0.1, 0.15) is 23.0 Å². The second-order valence-electron chi connectivity index (χ2n) is 10.4. The number of nitrogens with one attached hydrogen (secondary N) is 1. The van der Waals surface area contributed by atoms with Gasteiger partial charge < -0.3 is 33.9 Å². The van der Waals surface area contributed by atoms with E-state index in [1.807, 2.05) is 18.2 Å². The standard InChI is InChI=1S/C32H36N6O6/c1-40-29-20-25-26(21-30(29)43-14-2-9-37-10-15-41-16-11-37)33-8-6-28(25)44-24-3-4-31(35-22-24)36-32(39)27-19-23(5-7-34-27)38-12-17-42-18-13-38/h3-8,19-22H,2,9-18H2,1H3,(H,35,36,39). The van der Waals surface area contributed by atoms with E-state index in [1.54, 1.807) is 50.0 Å². The van der Waals surface area contributed by atoms with Gasteiger partial charge in [-0.1, -0.05) is 0 Å². The summed E-state index contributed by atoms with van der Waals surface area (Å²) < 4.78 is 28.7. The van der Waals surface area contributed by atoms with Crippen molar-refractivity contribution < 1.29 is 28.5 Å². The van der Waals surface area contributed by atoms with Crippen LogP contribution in [0, 0.1) is 0 Å². The van der Waals surface area contributed by atoms with Gasteiger partial charge in [-0.3, -0.25) is 19.7 Å². The highest BCUT2D eigenvalue weighted by atomic mass is 16.5. The summed E-state index contributed by atoms with van der Waals surface area (Å²) in [5.41, 5.74) is 1.97. The number of ether oxygens (including phenoxy) is 5. The predicted octanol–water partition coefficient (Wildman–Crippen LogP) is 4.02. The van der Waals surface area contributed by atoms with Gasteiger partial charge in [0.05, 0.1) is 51.9 Å². The monoisotopic (exact) mass is 600 g/mol. The first-order chi connectivity index (χ1) is 21.7. The second kappa shape index (κ2) is 14.3. The van der Waals surface area contributed by atoms with Gasteiger partial charge in [-0.2, -0.15) is 0 Å². The Hall–Kier alpha value is -4.52. The number of anilines is 2. The number of pyridine rings is 3. The Bertz CT molecular complexity index is 1560. The lowest BCUT2D eigenvalue weighted by Gasteiger charge is -2.28. The molecule has 0 aliphatic carbocycles. The Morgan fingerprint density at radius 1 is 0.886 bits per heavy atom. The van der Waals surface area contributed by atoms with E-state index in [-0.39, 0.29) is 5.91 Å². The van der Waals surface area contributed by atoms with E-state index >= 15 is 0 Å². The SMILES string of the molecule is COc1cc2c(Oc3ccc(NC(=O)c4cc(N5CCOCC5)ccn4)nc3)ccnc2cc1OCCCN1CCOCC1. The Morgan fingerprint density at radius 2 is 1.68 bits per heavy atom. The van der Waals surface area contributed by atoms with Crippen molar-refractivity contribution in [3.8, 4) is 23.0 Å². The number of hydrogen-bond donors (Lipinski definition) is 1. The summed E-state index contributed by atoms with van der Waals surface area (Å²) in [6.07, 6.45) is 5.79. The first-order valence-corrected chi connectivity index (χ1v) is 14.8. The minimum atomic E-state index is -0.340. The zero-order valence-corrected chi connectivity index (χ0v) is 24.7. The molecule has 0 saturated carbocycles. The molecule has 6 rings (SSSR count). The Balaban J connectivity index is 1.08. The van der Waals surface area contributed by atoms with Gasteiger partial charge in [0.15, 0.2) is 11.5 Å². The molecule has 1 amide bonds.